The zero-order valence-electron chi connectivity index (χ0n) is 6.08. The first-order chi connectivity index (χ1) is 5.20. The number of carboxylic acid groups (broad SMARTS) is 1. The van der Waals surface area contributed by atoms with E-state index >= 15 is 0 Å². The quantitative estimate of drug-likeness (QED) is 0.395. The van der Waals surface area contributed by atoms with Gasteiger partial charge in [-0.2, -0.15) is 0 Å². The minimum absolute atomic E-state index is 0.360. The molecule has 0 spiro atoms. The Morgan fingerprint density at radius 3 is 2.91 bits per heavy atom. The molecule has 0 aromatic heterocycles. The summed E-state index contributed by atoms with van der Waals surface area (Å²) in [7, 11) is 0. The zero-order valence-corrected chi connectivity index (χ0v) is 6.08. The molecule has 0 saturated carbocycles. The summed E-state index contributed by atoms with van der Waals surface area (Å²) in [6.07, 6.45) is -1.03. The minimum Gasteiger partial charge on any atom is -0.465 e. The van der Waals surface area contributed by atoms with Crippen molar-refractivity contribution in [1.29, 1.82) is 0 Å². The van der Waals surface area contributed by atoms with E-state index in [1.165, 1.54) is 0 Å². The Kier molecular flexibility index (Phi) is 2.67. The summed E-state index contributed by atoms with van der Waals surface area (Å²) in [4.78, 5) is 10.2. The molecule has 1 heterocycles. The molecule has 1 amide bonds. The van der Waals surface area contributed by atoms with E-state index in [2.05, 4.69) is 10.6 Å². The van der Waals surface area contributed by atoms with Gasteiger partial charge in [0.2, 0.25) is 0 Å². The third-order valence-corrected chi connectivity index (χ3v) is 1.75. The summed E-state index contributed by atoms with van der Waals surface area (Å²) < 4.78 is 0. The lowest BCUT2D eigenvalue weighted by molar-refractivity contribution is 0.0955. The highest BCUT2D eigenvalue weighted by Crippen LogP contribution is 2.02. The molecule has 4 N–H and O–H groups in total. The summed E-state index contributed by atoms with van der Waals surface area (Å²) in [5, 5.41) is 22.8. The molecule has 64 valence electrons. The first kappa shape index (κ1) is 8.29. The zero-order chi connectivity index (χ0) is 8.27. The Hall–Kier alpha value is -0.810. The van der Waals surface area contributed by atoms with Crippen molar-refractivity contribution in [3.8, 4) is 0 Å². The van der Waals surface area contributed by atoms with E-state index in [4.69, 9.17) is 5.11 Å². The normalized spacial score (nSPS) is 31.4. The predicted molar refractivity (Wildman–Crippen MR) is 38.4 cm³/mol. The van der Waals surface area contributed by atoms with Crippen molar-refractivity contribution in [2.75, 3.05) is 13.1 Å². The van der Waals surface area contributed by atoms with Gasteiger partial charge in [0.15, 0.2) is 0 Å². The first-order valence-electron chi connectivity index (χ1n) is 3.58. The summed E-state index contributed by atoms with van der Waals surface area (Å²) >= 11 is 0. The average molecular weight is 160 g/mol. The molecule has 2 atom stereocenters. The molecule has 1 unspecified atom stereocenters. The van der Waals surface area contributed by atoms with Gasteiger partial charge in [-0.25, -0.2) is 4.79 Å². The van der Waals surface area contributed by atoms with Crippen LogP contribution in [-0.2, 0) is 0 Å². The summed E-state index contributed by atoms with van der Waals surface area (Å²) in [5.41, 5.74) is 0. The molecular weight excluding hydrogens is 148 g/mol. The van der Waals surface area contributed by atoms with Crippen LogP contribution in [0.25, 0.3) is 0 Å². The molecule has 0 aromatic carbocycles. The second kappa shape index (κ2) is 3.54. The van der Waals surface area contributed by atoms with E-state index in [-0.39, 0.29) is 6.04 Å². The summed E-state index contributed by atoms with van der Waals surface area (Å²) in [6, 6.07) is -0.360. The maximum atomic E-state index is 10.2. The van der Waals surface area contributed by atoms with E-state index in [1.807, 2.05) is 0 Å². The molecule has 0 bridgehead atoms. The van der Waals surface area contributed by atoms with Gasteiger partial charge >= 0.3 is 6.09 Å². The van der Waals surface area contributed by atoms with E-state index < -0.39 is 12.2 Å². The third-order valence-electron chi connectivity index (χ3n) is 1.75. The first-order valence-corrected chi connectivity index (χ1v) is 3.58. The second-order valence-corrected chi connectivity index (χ2v) is 2.62. The van der Waals surface area contributed by atoms with Crippen LogP contribution in [0, 0.1) is 0 Å². The molecule has 1 fully saturated rings. The highest BCUT2D eigenvalue weighted by Gasteiger charge is 2.23. The third kappa shape index (κ3) is 2.36. The van der Waals surface area contributed by atoms with E-state index in [0.29, 0.717) is 13.0 Å². The Morgan fingerprint density at radius 2 is 2.36 bits per heavy atom. The molecule has 11 heavy (non-hydrogen) atoms. The molecule has 1 rings (SSSR count). The fourth-order valence-corrected chi connectivity index (χ4v) is 1.15. The van der Waals surface area contributed by atoms with Crippen LogP contribution in [0.4, 0.5) is 4.79 Å². The lowest BCUT2D eigenvalue weighted by Crippen LogP contribution is -2.53. The van der Waals surface area contributed by atoms with E-state index in [0.717, 1.165) is 6.54 Å². The maximum Gasteiger partial charge on any atom is 0.405 e. The smallest absolute Gasteiger partial charge is 0.405 e. The van der Waals surface area contributed by atoms with Crippen LogP contribution in [0.5, 0.6) is 0 Å². The molecule has 5 heteroatoms. The van der Waals surface area contributed by atoms with Crippen LogP contribution in [-0.4, -0.2) is 41.5 Å². The van der Waals surface area contributed by atoms with Gasteiger partial charge in [0.05, 0.1) is 12.1 Å². The minimum atomic E-state index is -1.09. The molecule has 1 aliphatic rings. The molecule has 0 aliphatic carbocycles. The van der Waals surface area contributed by atoms with Crippen molar-refractivity contribution in [2.24, 2.45) is 0 Å². The van der Waals surface area contributed by atoms with Gasteiger partial charge in [-0.15, -0.1) is 0 Å². The van der Waals surface area contributed by atoms with Crippen molar-refractivity contribution in [1.82, 2.24) is 10.6 Å². The van der Waals surface area contributed by atoms with E-state index in [1.54, 1.807) is 0 Å². The Labute approximate surface area is 64.4 Å². The van der Waals surface area contributed by atoms with Gasteiger partial charge in [0, 0.05) is 6.54 Å². The number of aliphatic hydroxyl groups is 1. The van der Waals surface area contributed by atoms with Crippen LogP contribution in [0.1, 0.15) is 6.42 Å². The number of carbonyl (C=O) groups is 1. The van der Waals surface area contributed by atoms with Crippen molar-refractivity contribution >= 4 is 6.09 Å². The number of rotatable bonds is 1. The largest absolute Gasteiger partial charge is 0.465 e. The lowest BCUT2D eigenvalue weighted by Gasteiger charge is -2.27. The highest BCUT2D eigenvalue weighted by molar-refractivity contribution is 5.65. The Morgan fingerprint density at radius 1 is 1.64 bits per heavy atom. The molecular formula is C6H12N2O3. The fourth-order valence-electron chi connectivity index (χ4n) is 1.15. The van der Waals surface area contributed by atoms with Gasteiger partial charge in [-0.1, -0.05) is 0 Å². The number of aliphatic hydroxyl groups excluding tert-OH is 1. The number of piperidine rings is 1. The van der Waals surface area contributed by atoms with Gasteiger partial charge in [-0.3, -0.25) is 0 Å². The molecule has 5 nitrogen and oxygen atoms in total. The monoisotopic (exact) mass is 160 g/mol. The van der Waals surface area contributed by atoms with Crippen molar-refractivity contribution in [2.45, 2.75) is 18.6 Å². The van der Waals surface area contributed by atoms with Gasteiger partial charge in [0.1, 0.15) is 0 Å². The summed E-state index contributed by atoms with van der Waals surface area (Å²) in [6.45, 7) is 1.26. The van der Waals surface area contributed by atoms with Crippen LogP contribution < -0.4 is 10.6 Å². The summed E-state index contributed by atoms with van der Waals surface area (Å²) in [5.74, 6) is 0. The van der Waals surface area contributed by atoms with Crippen LogP contribution in [0.15, 0.2) is 0 Å². The molecule has 1 saturated heterocycles. The van der Waals surface area contributed by atoms with Crippen molar-refractivity contribution in [3.63, 3.8) is 0 Å². The van der Waals surface area contributed by atoms with Crippen molar-refractivity contribution < 1.29 is 15.0 Å². The maximum absolute atomic E-state index is 10.2. The number of hydrogen-bond donors (Lipinski definition) is 4. The fraction of sp³-hybridized carbons (Fsp3) is 0.833. The number of nitrogens with one attached hydrogen (secondary N) is 2. The van der Waals surface area contributed by atoms with Crippen LogP contribution >= 0.6 is 0 Å². The van der Waals surface area contributed by atoms with Crippen LogP contribution in [0.2, 0.25) is 0 Å². The average Bonchev–Trinajstić information content (AvgIpc) is 1.93. The number of amides is 1. The SMILES string of the molecule is O=C(O)N[C@H]1CNCCC1O. The molecule has 0 radical (unpaired) electrons. The molecule has 0 aromatic rings. The van der Waals surface area contributed by atoms with Gasteiger partial charge in [0.25, 0.3) is 0 Å². The standard InChI is InChI=1S/C6H12N2O3/c9-5-1-2-7-3-4(5)8-6(10)11/h4-5,7-9H,1-3H2,(H,10,11)/t4-,5?/m0/s1. The molecule has 1 aliphatic heterocycles. The Bertz CT molecular complexity index is 151. The van der Waals surface area contributed by atoms with Gasteiger partial charge < -0.3 is 20.8 Å². The van der Waals surface area contributed by atoms with Crippen molar-refractivity contribution in [3.05, 3.63) is 0 Å². The second-order valence-electron chi connectivity index (χ2n) is 2.62. The predicted octanol–water partition coefficient (Wildman–Crippen LogP) is -1.02. The van der Waals surface area contributed by atoms with Crippen LogP contribution in [0.3, 0.4) is 0 Å². The highest BCUT2D eigenvalue weighted by atomic mass is 16.4. The van der Waals surface area contributed by atoms with E-state index in [9.17, 15) is 9.90 Å². The topological polar surface area (TPSA) is 81.6 Å². The lowest BCUT2D eigenvalue weighted by atomic mass is 10.0. The van der Waals surface area contributed by atoms with Gasteiger partial charge in [-0.05, 0) is 13.0 Å². The Balaban J connectivity index is 2.35. The number of hydrogen-bond acceptors (Lipinski definition) is 3.